The van der Waals surface area contributed by atoms with Crippen LogP contribution in [0.2, 0.25) is 0 Å². The summed E-state index contributed by atoms with van der Waals surface area (Å²) in [7, 11) is 0. The fraction of sp³-hybridized carbons (Fsp3) is 0.308. The summed E-state index contributed by atoms with van der Waals surface area (Å²) in [6.07, 6.45) is 0. The van der Waals surface area contributed by atoms with Crippen LogP contribution in [-0.4, -0.2) is 20.9 Å². The van der Waals surface area contributed by atoms with Crippen LogP contribution in [0.3, 0.4) is 0 Å². The van der Waals surface area contributed by atoms with Gasteiger partial charge >= 0.3 is 0 Å². The number of aromatic nitrogens is 3. The highest BCUT2D eigenvalue weighted by atomic mass is 32.2. The average molecular weight is 276 g/mol. The minimum atomic E-state index is -0.228. The summed E-state index contributed by atoms with van der Waals surface area (Å²) in [6, 6.07) is 8.05. The van der Waals surface area contributed by atoms with Gasteiger partial charge in [-0.15, -0.1) is 10.2 Å². The quantitative estimate of drug-likeness (QED) is 0.878. The Morgan fingerprint density at radius 3 is 2.63 bits per heavy atom. The van der Waals surface area contributed by atoms with Gasteiger partial charge in [0.25, 0.3) is 5.56 Å². The molecule has 2 N–H and O–H groups in total. The zero-order valence-corrected chi connectivity index (χ0v) is 11.8. The van der Waals surface area contributed by atoms with Gasteiger partial charge in [0.15, 0.2) is 0 Å². The molecule has 2 rings (SSSR count). The summed E-state index contributed by atoms with van der Waals surface area (Å²) in [5, 5.41) is 10.7. The van der Waals surface area contributed by atoms with E-state index in [1.54, 1.807) is 6.92 Å². The molecule has 0 saturated heterocycles. The topological polar surface area (TPSA) is 70.7 Å². The highest BCUT2D eigenvalue weighted by Crippen LogP contribution is 2.16. The summed E-state index contributed by atoms with van der Waals surface area (Å²) in [6.45, 7) is 3.77. The summed E-state index contributed by atoms with van der Waals surface area (Å²) < 4.78 is 0. The Bertz CT molecular complexity index is 594. The average Bonchev–Trinajstić information content (AvgIpc) is 2.42. The number of nitrogens with one attached hydrogen (secondary N) is 2. The molecule has 1 aromatic heterocycles. The van der Waals surface area contributed by atoms with Gasteiger partial charge < -0.3 is 5.32 Å². The Morgan fingerprint density at radius 2 is 2.00 bits per heavy atom. The summed E-state index contributed by atoms with van der Waals surface area (Å²) in [4.78, 5) is 14.0. The van der Waals surface area contributed by atoms with Crippen LogP contribution < -0.4 is 10.9 Å². The predicted molar refractivity (Wildman–Crippen MR) is 79.0 cm³/mol. The van der Waals surface area contributed by atoms with E-state index in [1.165, 1.54) is 5.56 Å². The van der Waals surface area contributed by atoms with Gasteiger partial charge in [-0.05, 0) is 30.4 Å². The van der Waals surface area contributed by atoms with Crippen molar-refractivity contribution < 1.29 is 0 Å². The summed E-state index contributed by atoms with van der Waals surface area (Å²) in [5.41, 5.74) is 2.28. The van der Waals surface area contributed by atoms with E-state index in [1.807, 2.05) is 23.9 Å². The molecule has 0 bridgehead atoms. The van der Waals surface area contributed by atoms with Gasteiger partial charge in [0.1, 0.15) is 5.69 Å². The van der Waals surface area contributed by atoms with Crippen LogP contribution in [0.25, 0.3) is 0 Å². The first-order chi connectivity index (χ1) is 9.19. The fourth-order valence-corrected chi connectivity index (χ4v) is 2.12. The van der Waals surface area contributed by atoms with Crippen molar-refractivity contribution in [3.63, 3.8) is 0 Å². The van der Waals surface area contributed by atoms with Gasteiger partial charge in [0.05, 0.1) is 0 Å². The molecule has 0 aliphatic heterocycles. The van der Waals surface area contributed by atoms with Gasteiger partial charge in [-0.2, -0.15) is 11.8 Å². The van der Waals surface area contributed by atoms with E-state index in [4.69, 9.17) is 0 Å². The van der Waals surface area contributed by atoms with Gasteiger partial charge in [-0.1, -0.05) is 19.1 Å². The molecular weight excluding hydrogens is 260 g/mol. The molecule has 0 radical (unpaired) electrons. The maximum Gasteiger partial charge on any atom is 0.273 e. The van der Waals surface area contributed by atoms with Crippen molar-refractivity contribution in [3.05, 3.63) is 45.9 Å². The predicted octanol–water partition coefficient (Wildman–Crippen LogP) is 2.47. The van der Waals surface area contributed by atoms with E-state index in [0.29, 0.717) is 11.6 Å². The number of aryl methyl sites for hydroxylation is 1. The fourth-order valence-electron chi connectivity index (χ4n) is 1.49. The Kier molecular flexibility index (Phi) is 4.57. The lowest BCUT2D eigenvalue weighted by Gasteiger charge is -2.06. The molecule has 0 atom stereocenters. The van der Waals surface area contributed by atoms with E-state index in [0.717, 1.165) is 17.2 Å². The lowest BCUT2D eigenvalue weighted by molar-refractivity contribution is 0.908. The second-order valence-electron chi connectivity index (χ2n) is 4.05. The number of hydrogen-bond acceptors (Lipinski definition) is 5. The van der Waals surface area contributed by atoms with Crippen molar-refractivity contribution in [2.75, 3.05) is 11.1 Å². The molecule has 0 fully saturated rings. The SMILES string of the molecule is CCSCc1ccc(Nc2nnc(C)c(=O)[nH]2)cc1. The van der Waals surface area contributed by atoms with Gasteiger partial charge in [0, 0.05) is 11.4 Å². The van der Waals surface area contributed by atoms with Crippen molar-refractivity contribution in [1.82, 2.24) is 15.2 Å². The lowest BCUT2D eigenvalue weighted by Crippen LogP contribution is -2.15. The largest absolute Gasteiger partial charge is 0.324 e. The van der Waals surface area contributed by atoms with E-state index in [-0.39, 0.29) is 5.56 Å². The highest BCUT2D eigenvalue weighted by Gasteiger charge is 2.01. The third-order valence-corrected chi connectivity index (χ3v) is 3.50. The van der Waals surface area contributed by atoms with Crippen molar-refractivity contribution in [2.24, 2.45) is 0 Å². The molecule has 0 amide bonds. The molecule has 1 heterocycles. The molecule has 0 saturated carbocycles. The summed E-state index contributed by atoms with van der Waals surface area (Å²) >= 11 is 1.88. The third kappa shape index (κ3) is 3.82. The van der Waals surface area contributed by atoms with Crippen LogP contribution in [0.4, 0.5) is 11.6 Å². The van der Waals surface area contributed by atoms with Crippen molar-refractivity contribution in [2.45, 2.75) is 19.6 Å². The van der Waals surface area contributed by atoms with E-state index >= 15 is 0 Å². The molecule has 19 heavy (non-hydrogen) atoms. The van der Waals surface area contributed by atoms with Crippen molar-refractivity contribution in [3.8, 4) is 0 Å². The van der Waals surface area contributed by atoms with Gasteiger partial charge in [0.2, 0.25) is 5.95 Å². The minimum absolute atomic E-state index is 0.228. The first-order valence-electron chi connectivity index (χ1n) is 6.06. The monoisotopic (exact) mass is 276 g/mol. The van der Waals surface area contributed by atoms with Crippen molar-refractivity contribution in [1.29, 1.82) is 0 Å². The number of nitrogens with zero attached hydrogens (tertiary/aromatic N) is 2. The van der Waals surface area contributed by atoms with Crippen LogP contribution >= 0.6 is 11.8 Å². The minimum Gasteiger partial charge on any atom is -0.324 e. The Balaban J connectivity index is 2.06. The maximum absolute atomic E-state index is 11.4. The molecule has 5 nitrogen and oxygen atoms in total. The molecule has 100 valence electrons. The zero-order chi connectivity index (χ0) is 13.7. The zero-order valence-electron chi connectivity index (χ0n) is 10.9. The van der Waals surface area contributed by atoms with Crippen LogP contribution in [0, 0.1) is 6.92 Å². The molecule has 2 aromatic rings. The number of rotatable bonds is 5. The second kappa shape index (κ2) is 6.38. The van der Waals surface area contributed by atoms with Crippen molar-refractivity contribution >= 4 is 23.4 Å². The Labute approximate surface area is 115 Å². The van der Waals surface area contributed by atoms with Gasteiger partial charge in [-0.3, -0.25) is 9.78 Å². The first-order valence-corrected chi connectivity index (χ1v) is 7.22. The highest BCUT2D eigenvalue weighted by molar-refractivity contribution is 7.98. The molecule has 0 spiro atoms. The van der Waals surface area contributed by atoms with Gasteiger partial charge in [-0.25, -0.2) is 0 Å². The molecule has 0 aliphatic carbocycles. The molecule has 0 aliphatic rings. The number of aromatic amines is 1. The normalized spacial score (nSPS) is 10.4. The maximum atomic E-state index is 11.4. The van der Waals surface area contributed by atoms with E-state index in [9.17, 15) is 4.79 Å². The molecule has 0 unspecified atom stereocenters. The Morgan fingerprint density at radius 1 is 1.26 bits per heavy atom. The number of thioether (sulfide) groups is 1. The number of hydrogen-bond donors (Lipinski definition) is 2. The van der Waals surface area contributed by atoms with Crippen LogP contribution in [0.5, 0.6) is 0 Å². The second-order valence-corrected chi connectivity index (χ2v) is 5.32. The lowest BCUT2D eigenvalue weighted by atomic mass is 10.2. The van der Waals surface area contributed by atoms with E-state index in [2.05, 4.69) is 39.6 Å². The van der Waals surface area contributed by atoms with E-state index < -0.39 is 0 Å². The number of anilines is 2. The third-order valence-electron chi connectivity index (χ3n) is 2.55. The molecule has 1 aromatic carbocycles. The molecular formula is C13H16N4OS. The summed E-state index contributed by atoms with van der Waals surface area (Å²) in [5.74, 6) is 2.48. The number of benzene rings is 1. The Hall–Kier alpha value is -1.82. The van der Waals surface area contributed by atoms with Crippen LogP contribution in [0.15, 0.2) is 29.1 Å². The first kappa shape index (κ1) is 13.6. The smallest absolute Gasteiger partial charge is 0.273 e. The number of H-pyrrole nitrogens is 1. The van der Waals surface area contributed by atoms with Crippen LogP contribution in [-0.2, 0) is 5.75 Å². The standard InChI is InChI=1S/C13H16N4OS/c1-3-19-8-10-4-6-11(7-5-10)14-13-15-12(18)9(2)16-17-13/h4-7H,3,8H2,1-2H3,(H2,14,15,17,18). The molecule has 6 heteroatoms. The van der Waals surface area contributed by atoms with Crippen LogP contribution in [0.1, 0.15) is 18.2 Å².